The molecule has 1 fully saturated rings. The summed E-state index contributed by atoms with van der Waals surface area (Å²) in [5, 5.41) is 6.71. The highest BCUT2D eigenvalue weighted by Crippen LogP contribution is 2.12. The van der Waals surface area contributed by atoms with Gasteiger partial charge in [-0.25, -0.2) is 4.99 Å². The minimum Gasteiger partial charge on any atom is -0.381 e. The van der Waals surface area contributed by atoms with Gasteiger partial charge in [0.25, 0.3) is 0 Å². The smallest absolute Gasteiger partial charge is 0.191 e. The Kier molecular flexibility index (Phi) is 14.1. The molecule has 0 amide bonds. The maximum atomic E-state index is 5.86. The molecule has 1 aliphatic heterocycles. The number of benzene rings is 2. The first-order valence-corrected chi connectivity index (χ1v) is 11.7. The lowest BCUT2D eigenvalue weighted by Gasteiger charge is -2.12. The second kappa shape index (κ2) is 16.9. The van der Waals surface area contributed by atoms with E-state index in [4.69, 9.17) is 19.2 Å². The molecule has 0 radical (unpaired) electrons. The van der Waals surface area contributed by atoms with E-state index >= 15 is 0 Å². The van der Waals surface area contributed by atoms with Gasteiger partial charge in [0, 0.05) is 32.2 Å². The summed E-state index contributed by atoms with van der Waals surface area (Å²) in [5.74, 6) is 1.41. The summed E-state index contributed by atoms with van der Waals surface area (Å²) in [5.41, 5.74) is 3.52. The lowest BCUT2D eigenvalue weighted by molar-refractivity contribution is 0.0888. The zero-order chi connectivity index (χ0) is 22.3. The number of halogens is 1. The van der Waals surface area contributed by atoms with E-state index in [0.717, 1.165) is 63.9 Å². The molecule has 1 atom stereocenters. The fourth-order valence-corrected chi connectivity index (χ4v) is 3.54. The minimum absolute atomic E-state index is 0. The summed E-state index contributed by atoms with van der Waals surface area (Å²) in [6.45, 7) is 8.87. The number of hydrogen-bond donors (Lipinski definition) is 2. The Bertz CT molecular complexity index is 798. The number of aliphatic imine (C=N–C) groups is 1. The average Bonchev–Trinajstić information content (AvgIpc) is 3.34. The normalized spacial score (nSPS) is 15.8. The summed E-state index contributed by atoms with van der Waals surface area (Å²) in [6.07, 6.45) is 2.07. The van der Waals surface area contributed by atoms with Crippen LogP contribution < -0.4 is 10.6 Å². The van der Waals surface area contributed by atoms with E-state index in [9.17, 15) is 0 Å². The van der Waals surface area contributed by atoms with Crippen molar-refractivity contribution in [3.63, 3.8) is 0 Å². The first-order chi connectivity index (χ1) is 15.8. The minimum atomic E-state index is 0. The Morgan fingerprint density at radius 3 is 2.58 bits per heavy atom. The van der Waals surface area contributed by atoms with E-state index < -0.39 is 0 Å². The molecule has 3 rings (SSSR count). The molecule has 33 heavy (non-hydrogen) atoms. The monoisotopic (exact) mass is 567 g/mol. The predicted molar refractivity (Wildman–Crippen MR) is 144 cm³/mol. The van der Waals surface area contributed by atoms with Crippen LogP contribution in [-0.4, -0.2) is 45.5 Å². The van der Waals surface area contributed by atoms with Crippen molar-refractivity contribution in [3.05, 3.63) is 71.3 Å². The van der Waals surface area contributed by atoms with Crippen LogP contribution in [0.15, 0.2) is 59.6 Å². The van der Waals surface area contributed by atoms with Crippen LogP contribution in [0.4, 0.5) is 0 Å². The Hall–Kier alpha value is -1.68. The van der Waals surface area contributed by atoms with Gasteiger partial charge in [-0.15, -0.1) is 24.0 Å². The van der Waals surface area contributed by atoms with Gasteiger partial charge in [0.2, 0.25) is 0 Å². The quantitative estimate of drug-likeness (QED) is 0.161. The number of ether oxygens (including phenoxy) is 3. The van der Waals surface area contributed by atoms with E-state index in [2.05, 4.69) is 54.0 Å². The number of nitrogens with zero attached hydrogens (tertiary/aromatic N) is 1. The molecule has 2 N–H and O–H groups in total. The molecule has 0 aromatic heterocycles. The summed E-state index contributed by atoms with van der Waals surface area (Å²) < 4.78 is 17.0. The second-order valence-corrected chi connectivity index (χ2v) is 8.08. The van der Waals surface area contributed by atoms with E-state index in [1.54, 1.807) is 0 Å². The van der Waals surface area contributed by atoms with E-state index in [1.165, 1.54) is 11.1 Å². The summed E-state index contributed by atoms with van der Waals surface area (Å²) in [7, 11) is 0. The fourth-order valence-electron chi connectivity index (χ4n) is 3.54. The van der Waals surface area contributed by atoms with Crippen molar-refractivity contribution >= 4 is 29.9 Å². The van der Waals surface area contributed by atoms with Gasteiger partial charge < -0.3 is 24.8 Å². The Balaban J connectivity index is 0.00000385. The zero-order valence-corrected chi connectivity index (χ0v) is 22.0. The van der Waals surface area contributed by atoms with Gasteiger partial charge in [0.05, 0.1) is 33.0 Å². The van der Waals surface area contributed by atoms with Crippen LogP contribution in [-0.2, 0) is 34.0 Å². The topological polar surface area (TPSA) is 64.1 Å². The third kappa shape index (κ3) is 11.3. The Morgan fingerprint density at radius 2 is 1.79 bits per heavy atom. The molecular formula is C26H38IN3O3. The summed E-state index contributed by atoms with van der Waals surface area (Å²) in [6, 6.07) is 18.7. The molecule has 0 aliphatic carbocycles. The molecule has 1 saturated heterocycles. The summed E-state index contributed by atoms with van der Waals surface area (Å²) >= 11 is 0. The lowest BCUT2D eigenvalue weighted by atomic mass is 10.1. The third-order valence-corrected chi connectivity index (χ3v) is 5.27. The van der Waals surface area contributed by atoms with Crippen LogP contribution in [0.5, 0.6) is 0 Å². The Labute approximate surface area is 215 Å². The van der Waals surface area contributed by atoms with E-state index in [1.807, 2.05) is 18.2 Å². The van der Waals surface area contributed by atoms with Gasteiger partial charge >= 0.3 is 0 Å². The third-order valence-electron chi connectivity index (χ3n) is 5.27. The van der Waals surface area contributed by atoms with Gasteiger partial charge in [-0.2, -0.15) is 0 Å². The van der Waals surface area contributed by atoms with Crippen molar-refractivity contribution in [2.24, 2.45) is 10.9 Å². The number of rotatable bonds is 13. The first kappa shape index (κ1) is 27.6. The number of nitrogens with one attached hydrogen (secondary N) is 2. The van der Waals surface area contributed by atoms with Crippen LogP contribution in [0.1, 0.15) is 36.5 Å². The largest absolute Gasteiger partial charge is 0.381 e. The molecule has 182 valence electrons. The van der Waals surface area contributed by atoms with Crippen LogP contribution in [0.3, 0.4) is 0 Å². The molecule has 6 nitrogen and oxygen atoms in total. The van der Waals surface area contributed by atoms with Crippen LogP contribution in [0.2, 0.25) is 0 Å². The molecule has 0 saturated carbocycles. The molecule has 2 aromatic rings. The first-order valence-electron chi connectivity index (χ1n) is 11.7. The molecule has 7 heteroatoms. The maximum absolute atomic E-state index is 5.86. The van der Waals surface area contributed by atoms with E-state index in [0.29, 0.717) is 25.7 Å². The number of hydrogen-bond acceptors (Lipinski definition) is 4. The fraction of sp³-hybridized carbons (Fsp3) is 0.500. The summed E-state index contributed by atoms with van der Waals surface area (Å²) in [4.78, 5) is 4.73. The predicted octanol–water partition coefficient (Wildman–Crippen LogP) is 4.52. The van der Waals surface area contributed by atoms with Crippen LogP contribution in [0.25, 0.3) is 0 Å². The maximum Gasteiger partial charge on any atom is 0.191 e. The van der Waals surface area contributed by atoms with Crippen molar-refractivity contribution in [2.45, 2.75) is 39.5 Å². The standard InChI is InChI=1S/C26H37N3O3.HI/c1-2-27-26(28-13-7-14-30-20-25-12-15-31-21-25)29-17-23-10-6-11-24(16-23)19-32-18-22-8-4-3-5-9-22;/h3-6,8-11,16,25H,2,7,12-15,17-21H2,1H3,(H2,27,28,29);1H. The van der Waals surface area contributed by atoms with Crippen molar-refractivity contribution < 1.29 is 14.2 Å². The van der Waals surface area contributed by atoms with Crippen molar-refractivity contribution in [1.82, 2.24) is 10.6 Å². The molecule has 1 heterocycles. The molecule has 0 spiro atoms. The van der Waals surface area contributed by atoms with Crippen molar-refractivity contribution in [3.8, 4) is 0 Å². The number of guanidine groups is 1. The lowest BCUT2D eigenvalue weighted by Crippen LogP contribution is -2.38. The van der Waals surface area contributed by atoms with E-state index in [-0.39, 0.29) is 24.0 Å². The van der Waals surface area contributed by atoms with Crippen molar-refractivity contribution in [1.29, 1.82) is 0 Å². The molecule has 2 aromatic carbocycles. The van der Waals surface area contributed by atoms with Gasteiger partial charge in [-0.05, 0) is 36.5 Å². The highest BCUT2D eigenvalue weighted by atomic mass is 127. The molecule has 0 bridgehead atoms. The molecule has 1 aliphatic rings. The highest BCUT2D eigenvalue weighted by molar-refractivity contribution is 14.0. The van der Waals surface area contributed by atoms with Gasteiger partial charge in [-0.3, -0.25) is 0 Å². The zero-order valence-electron chi connectivity index (χ0n) is 19.6. The SMILES string of the molecule is CCNC(=NCc1cccc(COCc2ccccc2)c1)NCCCOCC1CCOC1.I. The van der Waals surface area contributed by atoms with Crippen molar-refractivity contribution in [2.75, 3.05) is 39.5 Å². The van der Waals surface area contributed by atoms with Gasteiger partial charge in [-0.1, -0.05) is 54.6 Å². The molecule has 1 unspecified atom stereocenters. The molecular weight excluding hydrogens is 529 g/mol. The van der Waals surface area contributed by atoms with Gasteiger partial charge in [0.15, 0.2) is 5.96 Å². The van der Waals surface area contributed by atoms with Crippen LogP contribution in [0, 0.1) is 5.92 Å². The Morgan fingerprint density at radius 1 is 1.00 bits per heavy atom. The highest BCUT2D eigenvalue weighted by Gasteiger charge is 2.15. The average molecular weight is 568 g/mol. The van der Waals surface area contributed by atoms with Crippen LogP contribution >= 0.6 is 24.0 Å². The van der Waals surface area contributed by atoms with Gasteiger partial charge in [0.1, 0.15) is 0 Å². The second-order valence-electron chi connectivity index (χ2n) is 8.08.